The molecule has 0 fully saturated rings. The van der Waals surface area contributed by atoms with Crippen LogP contribution in [0.5, 0.6) is 0 Å². The molecule has 0 unspecified atom stereocenters. The van der Waals surface area contributed by atoms with E-state index in [9.17, 15) is 0 Å². The molecule has 11 heavy (non-hydrogen) atoms. The molecule has 64 valence electrons. The van der Waals surface area contributed by atoms with Gasteiger partial charge >= 0.3 is 18.9 Å². The van der Waals surface area contributed by atoms with Crippen LogP contribution >= 0.6 is 0 Å². The van der Waals surface area contributed by atoms with Gasteiger partial charge in [-0.05, 0) is 0 Å². The van der Waals surface area contributed by atoms with Crippen molar-refractivity contribution < 1.29 is 23.5 Å². The first-order chi connectivity index (χ1) is 5.06. The van der Waals surface area contributed by atoms with Gasteiger partial charge in [-0.25, -0.2) is 0 Å². The van der Waals surface area contributed by atoms with Crippen LogP contribution in [0.4, 0.5) is 0 Å². The summed E-state index contributed by atoms with van der Waals surface area (Å²) >= 11 is -0.750. The minimum Gasteiger partial charge on any atom is -0.402 e. The maximum atomic E-state index is 8.29. The van der Waals surface area contributed by atoms with Gasteiger partial charge in [-0.3, -0.25) is 0 Å². The van der Waals surface area contributed by atoms with Gasteiger partial charge in [-0.15, -0.1) is 0 Å². The van der Waals surface area contributed by atoms with Gasteiger partial charge < -0.3 is 15.1 Å². The molecular formula is C4H9BO5S. The van der Waals surface area contributed by atoms with Crippen molar-refractivity contribution in [2.24, 2.45) is 0 Å². The Balaban J connectivity index is -0.0000000886. The van der Waals surface area contributed by atoms with Crippen LogP contribution in [0.2, 0.25) is 0 Å². The van der Waals surface area contributed by atoms with Crippen molar-refractivity contribution in [3.8, 4) is 0 Å². The van der Waals surface area contributed by atoms with Gasteiger partial charge in [0.05, 0.1) is 0 Å². The van der Waals surface area contributed by atoms with E-state index in [2.05, 4.69) is 13.2 Å². The van der Waals surface area contributed by atoms with Crippen LogP contribution in [0.1, 0.15) is 0 Å². The van der Waals surface area contributed by atoms with Gasteiger partial charge in [-0.2, -0.15) is 8.42 Å². The monoisotopic (exact) mass is 180 g/mol. The van der Waals surface area contributed by atoms with Crippen LogP contribution < -0.4 is 0 Å². The molecule has 0 aliphatic rings. The average Bonchev–Trinajstić information content (AvgIpc) is 1.88. The summed E-state index contributed by atoms with van der Waals surface area (Å²) in [6.45, 7) is 6.72. The Labute approximate surface area is 68.5 Å². The van der Waals surface area contributed by atoms with Gasteiger partial charge in [0, 0.05) is 0 Å². The third-order valence-electron chi connectivity index (χ3n) is 0.167. The first kappa shape index (κ1) is 16.7. The highest BCUT2D eigenvalue weighted by molar-refractivity contribution is 7.51. The van der Waals surface area contributed by atoms with E-state index in [1.807, 2.05) is 0 Å². The SMILES string of the molecule is C=CC=C.O=S=O.OB(O)O. The molecule has 0 saturated heterocycles. The quantitative estimate of drug-likeness (QED) is 0.342. The minimum atomic E-state index is -2.17. The molecule has 3 N–H and O–H groups in total. The molecule has 0 aromatic rings. The lowest BCUT2D eigenvalue weighted by Gasteiger charge is -1.69. The molecule has 0 amide bonds. The molecule has 7 heteroatoms. The molecule has 0 aliphatic carbocycles. The van der Waals surface area contributed by atoms with Crippen molar-refractivity contribution in [2.45, 2.75) is 0 Å². The lowest BCUT2D eigenvalue weighted by molar-refractivity contribution is 0.278. The zero-order valence-electron chi connectivity index (χ0n) is 5.71. The second-order valence-electron chi connectivity index (χ2n) is 0.886. The van der Waals surface area contributed by atoms with E-state index in [1.54, 1.807) is 12.2 Å². The maximum Gasteiger partial charge on any atom is 0.631 e. The standard InChI is InChI=1S/C4H6.BH3O3.O2S/c1-3-4-2;2-1(3)4;1-3-2/h3-4H,1-2H2;2-4H;. The topological polar surface area (TPSA) is 94.8 Å². The first-order valence-electron chi connectivity index (χ1n) is 2.26. The maximum absolute atomic E-state index is 8.29. The van der Waals surface area contributed by atoms with E-state index in [-0.39, 0.29) is 0 Å². The molecule has 0 aromatic heterocycles. The summed E-state index contributed by atoms with van der Waals surface area (Å²) in [6.07, 6.45) is 3.28. The van der Waals surface area contributed by atoms with Crippen molar-refractivity contribution in [3.63, 3.8) is 0 Å². The Morgan fingerprint density at radius 2 is 1.18 bits per heavy atom. The summed E-state index contributed by atoms with van der Waals surface area (Å²) in [5, 5.41) is 21.5. The fourth-order valence-corrected chi connectivity index (χ4v) is 0. The van der Waals surface area contributed by atoms with E-state index >= 15 is 0 Å². The summed E-state index contributed by atoms with van der Waals surface area (Å²) in [6, 6.07) is 0. The van der Waals surface area contributed by atoms with Gasteiger partial charge in [0.25, 0.3) is 0 Å². The summed E-state index contributed by atoms with van der Waals surface area (Å²) in [7, 11) is -2.17. The van der Waals surface area contributed by atoms with Crippen LogP contribution in [0, 0.1) is 0 Å². The van der Waals surface area contributed by atoms with Gasteiger partial charge in [0.1, 0.15) is 0 Å². The van der Waals surface area contributed by atoms with E-state index in [4.69, 9.17) is 23.5 Å². The van der Waals surface area contributed by atoms with Crippen LogP contribution in [-0.4, -0.2) is 30.8 Å². The predicted molar refractivity (Wildman–Crippen MR) is 41.7 cm³/mol. The molecule has 0 radical (unpaired) electrons. The lowest BCUT2D eigenvalue weighted by Crippen LogP contribution is -2.07. The van der Waals surface area contributed by atoms with Crippen LogP contribution in [0.15, 0.2) is 25.3 Å². The third kappa shape index (κ3) is 8090. The zero-order chi connectivity index (χ0) is 9.70. The van der Waals surface area contributed by atoms with Gasteiger partial charge in [0.2, 0.25) is 0 Å². The lowest BCUT2D eigenvalue weighted by atomic mass is 10.3. The van der Waals surface area contributed by atoms with Gasteiger partial charge in [-0.1, -0.05) is 25.3 Å². The smallest absolute Gasteiger partial charge is 0.402 e. The fraction of sp³-hybridized carbons (Fsp3) is 0. The van der Waals surface area contributed by atoms with E-state index in [1.165, 1.54) is 0 Å². The van der Waals surface area contributed by atoms with E-state index in [0.717, 1.165) is 0 Å². The molecule has 0 bridgehead atoms. The molecule has 0 aromatic carbocycles. The van der Waals surface area contributed by atoms with Crippen molar-refractivity contribution in [1.82, 2.24) is 0 Å². The number of hydrogen-bond acceptors (Lipinski definition) is 5. The molecule has 0 spiro atoms. The molecule has 0 aliphatic heterocycles. The average molecular weight is 180 g/mol. The summed E-state index contributed by atoms with van der Waals surface area (Å²) < 4.78 is 16.6. The van der Waals surface area contributed by atoms with E-state index in [0.29, 0.717) is 0 Å². The number of hydrogen-bond donors (Lipinski definition) is 3. The third-order valence-corrected chi connectivity index (χ3v) is 0.167. The fourth-order valence-electron chi connectivity index (χ4n) is 0. The molecular weight excluding hydrogens is 171 g/mol. The Morgan fingerprint density at radius 3 is 1.18 bits per heavy atom. The predicted octanol–water partition coefficient (Wildman–Crippen LogP) is -1.36. The molecule has 0 heterocycles. The highest BCUT2D eigenvalue weighted by Crippen LogP contribution is 1.52. The second kappa shape index (κ2) is 22.8. The Bertz CT molecular complexity index is 111. The van der Waals surface area contributed by atoms with E-state index < -0.39 is 18.9 Å². The molecule has 0 rings (SSSR count). The van der Waals surface area contributed by atoms with Crippen LogP contribution in [0.25, 0.3) is 0 Å². The van der Waals surface area contributed by atoms with Crippen molar-refractivity contribution >= 4 is 18.9 Å². The minimum absolute atomic E-state index is 0.750. The highest BCUT2D eigenvalue weighted by Gasteiger charge is 1.92. The molecule has 0 saturated carbocycles. The Kier molecular flexibility index (Phi) is 34.6. The highest BCUT2D eigenvalue weighted by atomic mass is 32.1. The summed E-state index contributed by atoms with van der Waals surface area (Å²) in [5.74, 6) is 0. The zero-order valence-corrected chi connectivity index (χ0v) is 6.53. The van der Waals surface area contributed by atoms with Gasteiger partial charge in [0.15, 0.2) is 0 Å². The number of rotatable bonds is 1. The Morgan fingerprint density at radius 1 is 1.09 bits per heavy atom. The van der Waals surface area contributed by atoms with Crippen molar-refractivity contribution in [1.29, 1.82) is 0 Å². The first-order valence-corrected chi connectivity index (χ1v) is 2.92. The van der Waals surface area contributed by atoms with Crippen LogP contribution in [-0.2, 0) is 11.6 Å². The van der Waals surface area contributed by atoms with Crippen LogP contribution in [0.3, 0.4) is 0 Å². The molecule has 5 nitrogen and oxygen atoms in total. The molecule has 0 atom stereocenters. The summed E-state index contributed by atoms with van der Waals surface area (Å²) in [4.78, 5) is 0. The summed E-state index contributed by atoms with van der Waals surface area (Å²) in [5.41, 5.74) is 0. The normalized spacial score (nSPS) is 5.36. The second-order valence-corrected chi connectivity index (χ2v) is 1.02. The van der Waals surface area contributed by atoms with Crippen molar-refractivity contribution in [3.05, 3.63) is 25.3 Å². The number of allylic oxidation sites excluding steroid dienone is 2. The Hall–Kier alpha value is -0.755. The largest absolute Gasteiger partial charge is 0.631 e. The van der Waals surface area contributed by atoms with Crippen molar-refractivity contribution in [2.75, 3.05) is 0 Å².